The van der Waals surface area contributed by atoms with Crippen LogP contribution in [0.15, 0.2) is 90.4 Å². The zero-order valence-corrected chi connectivity index (χ0v) is 14.7. The summed E-state index contributed by atoms with van der Waals surface area (Å²) >= 11 is 1.74. The first-order valence-electron chi connectivity index (χ1n) is 8.44. The van der Waals surface area contributed by atoms with E-state index in [4.69, 9.17) is 5.10 Å². The average molecular weight is 353 g/mol. The molecule has 5 rings (SSSR count). The smallest absolute Gasteiger partial charge is 0.164 e. The molecule has 0 aliphatic rings. The van der Waals surface area contributed by atoms with Crippen molar-refractivity contribution in [2.75, 3.05) is 0 Å². The van der Waals surface area contributed by atoms with Gasteiger partial charge >= 0.3 is 0 Å². The van der Waals surface area contributed by atoms with E-state index >= 15 is 0 Å². The van der Waals surface area contributed by atoms with Gasteiger partial charge in [0.05, 0.1) is 11.1 Å². The Morgan fingerprint density at radius 3 is 2.27 bits per heavy atom. The third kappa shape index (κ3) is 2.43. The Morgan fingerprint density at radius 1 is 0.769 bits per heavy atom. The molecule has 0 spiro atoms. The first-order chi connectivity index (χ1) is 12.9. The van der Waals surface area contributed by atoms with Gasteiger partial charge in [-0.3, -0.25) is 0 Å². The Labute approximate surface area is 155 Å². The lowest BCUT2D eigenvalue weighted by Gasteiger charge is -2.04. The molecule has 0 saturated carbocycles. The largest absolute Gasteiger partial charge is 0.236 e. The summed E-state index contributed by atoms with van der Waals surface area (Å²) in [4.78, 5) is 5.90. The van der Waals surface area contributed by atoms with Crippen LogP contribution in [-0.2, 0) is 0 Å². The highest BCUT2D eigenvalue weighted by Crippen LogP contribution is 2.37. The molecule has 0 N–H and O–H groups in total. The van der Waals surface area contributed by atoms with Crippen LogP contribution in [0, 0.1) is 0 Å². The first kappa shape index (κ1) is 15.0. The van der Waals surface area contributed by atoms with Gasteiger partial charge in [0.1, 0.15) is 5.69 Å². The van der Waals surface area contributed by atoms with Crippen LogP contribution in [0.5, 0.6) is 0 Å². The minimum Gasteiger partial charge on any atom is -0.236 e. The number of hydrogen-bond acceptors (Lipinski definition) is 3. The molecule has 0 unspecified atom stereocenters. The molecule has 0 aliphatic heterocycles. The van der Waals surface area contributed by atoms with Crippen molar-refractivity contribution in [3.05, 3.63) is 90.4 Å². The summed E-state index contributed by atoms with van der Waals surface area (Å²) in [5.74, 6) is 0. The number of thiophene rings is 1. The predicted octanol–water partition coefficient (Wildman–Crippen LogP) is 5.82. The summed E-state index contributed by atoms with van der Waals surface area (Å²) in [5.41, 5.74) is 5.11. The highest BCUT2D eigenvalue weighted by molar-refractivity contribution is 7.13. The van der Waals surface area contributed by atoms with Crippen molar-refractivity contribution < 1.29 is 0 Å². The average Bonchev–Trinajstić information content (AvgIpc) is 3.37. The van der Waals surface area contributed by atoms with Gasteiger partial charge in [-0.05, 0) is 29.6 Å². The van der Waals surface area contributed by atoms with Crippen molar-refractivity contribution in [2.45, 2.75) is 0 Å². The normalized spacial score (nSPS) is 11.1. The van der Waals surface area contributed by atoms with Crippen LogP contribution in [0.25, 0.3) is 38.4 Å². The molecule has 0 fully saturated rings. The molecule has 3 aromatic heterocycles. The SMILES string of the molecule is c1ccc(-c2nn(-c3ccccc3)c3nccc(-c4cccs4)c23)cc1. The molecule has 0 aliphatic carbocycles. The number of rotatable bonds is 3. The predicted molar refractivity (Wildman–Crippen MR) is 108 cm³/mol. The molecule has 3 nitrogen and oxygen atoms in total. The maximum absolute atomic E-state index is 4.96. The van der Waals surface area contributed by atoms with Crippen molar-refractivity contribution in [2.24, 2.45) is 0 Å². The van der Waals surface area contributed by atoms with Gasteiger partial charge in [0.2, 0.25) is 0 Å². The van der Waals surface area contributed by atoms with Crippen LogP contribution in [0.3, 0.4) is 0 Å². The van der Waals surface area contributed by atoms with E-state index in [9.17, 15) is 0 Å². The zero-order valence-electron chi connectivity index (χ0n) is 13.9. The molecule has 3 heterocycles. The van der Waals surface area contributed by atoms with Gasteiger partial charge in [0, 0.05) is 22.2 Å². The lowest BCUT2D eigenvalue weighted by atomic mass is 10.0. The van der Waals surface area contributed by atoms with Crippen LogP contribution < -0.4 is 0 Å². The molecule has 124 valence electrons. The van der Waals surface area contributed by atoms with Crippen LogP contribution in [0.1, 0.15) is 0 Å². The Bertz CT molecular complexity index is 1160. The maximum Gasteiger partial charge on any atom is 0.164 e. The minimum absolute atomic E-state index is 0.876. The van der Waals surface area contributed by atoms with Crippen LogP contribution in [0.2, 0.25) is 0 Å². The summed E-state index contributed by atoms with van der Waals surface area (Å²) in [7, 11) is 0. The second-order valence-corrected chi connectivity index (χ2v) is 6.94. The van der Waals surface area contributed by atoms with Crippen LogP contribution in [-0.4, -0.2) is 14.8 Å². The number of para-hydroxylation sites is 1. The Morgan fingerprint density at radius 2 is 1.54 bits per heavy atom. The number of hydrogen-bond donors (Lipinski definition) is 0. The van der Waals surface area contributed by atoms with Crippen LogP contribution in [0.4, 0.5) is 0 Å². The molecule has 2 aromatic carbocycles. The number of fused-ring (bicyclic) bond motifs is 1. The quantitative estimate of drug-likeness (QED) is 0.409. The summed E-state index contributed by atoms with van der Waals surface area (Å²) in [6.45, 7) is 0. The molecular formula is C22H15N3S. The van der Waals surface area contributed by atoms with E-state index in [-0.39, 0.29) is 0 Å². The van der Waals surface area contributed by atoms with Crippen molar-refractivity contribution >= 4 is 22.4 Å². The Hall–Kier alpha value is -3.24. The van der Waals surface area contributed by atoms with Crippen molar-refractivity contribution in [3.8, 4) is 27.4 Å². The van der Waals surface area contributed by atoms with E-state index in [0.717, 1.165) is 28.0 Å². The highest BCUT2D eigenvalue weighted by Gasteiger charge is 2.18. The summed E-state index contributed by atoms with van der Waals surface area (Å²) in [6.07, 6.45) is 1.87. The van der Waals surface area contributed by atoms with Gasteiger partial charge in [-0.25, -0.2) is 9.67 Å². The summed E-state index contributed by atoms with van der Waals surface area (Å²) in [6, 6.07) is 26.8. The lowest BCUT2D eigenvalue weighted by Crippen LogP contribution is -1.97. The van der Waals surface area contributed by atoms with E-state index in [2.05, 4.69) is 52.8 Å². The second kappa shape index (κ2) is 6.24. The monoisotopic (exact) mass is 353 g/mol. The molecule has 0 atom stereocenters. The van der Waals surface area contributed by atoms with Gasteiger partial charge in [0.25, 0.3) is 0 Å². The first-order valence-corrected chi connectivity index (χ1v) is 9.32. The molecule has 26 heavy (non-hydrogen) atoms. The molecule has 4 heteroatoms. The van der Waals surface area contributed by atoms with Crippen molar-refractivity contribution in [3.63, 3.8) is 0 Å². The second-order valence-electron chi connectivity index (χ2n) is 6.00. The number of benzene rings is 2. The Balaban J connectivity index is 1.88. The summed E-state index contributed by atoms with van der Waals surface area (Å²) < 4.78 is 1.94. The zero-order chi connectivity index (χ0) is 17.3. The maximum atomic E-state index is 4.96. The summed E-state index contributed by atoms with van der Waals surface area (Å²) in [5, 5.41) is 8.15. The Kier molecular flexibility index (Phi) is 3.61. The molecule has 0 radical (unpaired) electrons. The van der Waals surface area contributed by atoms with Gasteiger partial charge in [-0.1, -0.05) is 54.6 Å². The molecular weight excluding hydrogens is 338 g/mol. The lowest BCUT2D eigenvalue weighted by molar-refractivity contribution is 0.901. The molecule has 0 bridgehead atoms. The van der Waals surface area contributed by atoms with Gasteiger partial charge in [-0.15, -0.1) is 11.3 Å². The standard InChI is InChI=1S/C22H15N3S/c1-3-8-16(9-4-1)21-20-18(19-12-7-15-26-19)13-14-23-22(20)25(24-21)17-10-5-2-6-11-17/h1-15H. The van der Waals surface area contributed by atoms with E-state index < -0.39 is 0 Å². The minimum atomic E-state index is 0.876. The van der Waals surface area contributed by atoms with E-state index in [1.807, 2.05) is 47.3 Å². The fourth-order valence-corrected chi connectivity index (χ4v) is 3.98. The topological polar surface area (TPSA) is 30.7 Å². The third-order valence-corrected chi connectivity index (χ3v) is 5.31. The number of nitrogens with zero attached hydrogens (tertiary/aromatic N) is 3. The third-order valence-electron chi connectivity index (χ3n) is 4.40. The van der Waals surface area contributed by atoms with Gasteiger partial charge in [0.15, 0.2) is 5.65 Å². The number of aromatic nitrogens is 3. The van der Waals surface area contributed by atoms with E-state index in [1.54, 1.807) is 11.3 Å². The molecule has 5 aromatic rings. The van der Waals surface area contributed by atoms with Crippen molar-refractivity contribution in [1.29, 1.82) is 0 Å². The van der Waals surface area contributed by atoms with Gasteiger partial charge in [-0.2, -0.15) is 5.10 Å². The number of pyridine rings is 1. The van der Waals surface area contributed by atoms with E-state index in [0.29, 0.717) is 0 Å². The van der Waals surface area contributed by atoms with Crippen LogP contribution >= 0.6 is 11.3 Å². The fraction of sp³-hybridized carbons (Fsp3) is 0. The van der Waals surface area contributed by atoms with E-state index in [1.165, 1.54) is 10.4 Å². The molecule has 0 saturated heterocycles. The fourth-order valence-electron chi connectivity index (χ4n) is 3.23. The van der Waals surface area contributed by atoms with Crippen molar-refractivity contribution in [1.82, 2.24) is 14.8 Å². The van der Waals surface area contributed by atoms with Gasteiger partial charge < -0.3 is 0 Å². The molecule has 0 amide bonds. The highest BCUT2D eigenvalue weighted by atomic mass is 32.1.